The molecule has 0 saturated heterocycles. The first-order valence-corrected chi connectivity index (χ1v) is 13.0. The Labute approximate surface area is 243 Å². The van der Waals surface area contributed by atoms with E-state index in [1.807, 2.05) is 48.5 Å². The summed E-state index contributed by atoms with van der Waals surface area (Å²) in [5.74, 6) is -0.828. The van der Waals surface area contributed by atoms with Crippen molar-refractivity contribution < 1.29 is 29.0 Å². The molecule has 0 heterocycles. The number of fused-ring (bicyclic) bond motifs is 1. The number of primary amides is 1. The van der Waals surface area contributed by atoms with Gasteiger partial charge in [0.1, 0.15) is 11.8 Å². The predicted octanol–water partition coefficient (Wildman–Crippen LogP) is 1.58. The number of carbonyl (C=O) groups is 4. The van der Waals surface area contributed by atoms with Gasteiger partial charge in [-0.3, -0.25) is 19.4 Å². The third-order valence-electron chi connectivity index (χ3n) is 5.83. The SMILES string of the molecule is CC(=O)O.COc1ccc2cc(C(=O)N[C@H](CCCN=C(N)N)C(=O)NCc3ccc(CNC(N)=O)cc3)ccc2c1. The Morgan fingerprint density at radius 3 is 2.02 bits per heavy atom. The summed E-state index contributed by atoms with van der Waals surface area (Å²) in [4.78, 5) is 49.9. The van der Waals surface area contributed by atoms with E-state index in [9.17, 15) is 14.4 Å². The molecule has 10 N–H and O–H groups in total. The molecule has 42 heavy (non-hydrogen) atoms. The normalized spacial score (nSPS) is 10.8. The second-order valence-corrected chi connectivity index (χ2v) is 9.17. The number of carbonyl (C=O) groups excluding carboxylic acids is 3. The first-order valence-electron chi connectivity index (χ1n) is 13.0. The molecule has 0 aromatic heterocycles. The second kappa shape index (κ2) is 16.7. The number of aliphatic carboxylic acids is 1. The highest BCUT2D eigenvalue weighted by Gasteiger charge is 2.21. The average molecular weight is 580 g/mol. The highest BCUT2D eigenvalue weighted by atomic mass is 16.5. The number of hydrogen-bond donors (Lipinski definition) is 7. The van der Waals surface area contributed by atoms with Crippen molar-refractivity contribution in [1.29, 1.82) is 0 Å². The fourth-order valence-electron chi connectivity index (χ4n) is 3.78. The van der Waals surface area contributed by atoms with Crippen molar-refractivity contribution in [2.24, 2.45) is 22.2 Å². The minimum absolute atomic E-state index is 0.0303. The maximum Gasteiger partial charge on any atom is 0.312 e. The lowest BCUT2D eigenvalue weighted by Gasteiger charge is -2.19. The minimum Gasteiger partial charge on any atom is -0.497 e. The third-order valence-corrected chi connectivity index (χ3v) is 5.83. The number of guanidine groups is 1. The van der Waals surface area contributed by atoms with Gasteiger partial charge < -0.3 is 43.0 Å². The van der Waals surface area contributed by atoms with Gasteiger partial charge in [0, 0.05) is 32.1 Å². The number of carboxylic acids is 1. The number of amides is 4. The summed E-state index contributed by atoms with van der Waals surface area (Å²) >= 11 is 0. The zero-order valence-electron chi connectivity index (χ0n) is 23.6. The average Bonchev–Trinajstić information content (AvgIpc) is 2.95. The standard InChI is InChI=1S/C27H33N7O4.C2H4O2/c1-38-22-11-10-19-13-21(9-8-20(19)14-22)24(35)34-23(3-2-12-31-26(28)29)25(36)32-15-17-4-6-18(7-5-17)16-33-27(30)37;1-2(3)4/h4-11,13-14,23H,2-3,12,15-16H2,1H3,(H,32,36)(H,34,35)(H4,28,29,31)(H3,30,33,37);1H3,(H,3,4)/t23-;/m1./s1. The van der Waals surface area contributed by atoms with Crippen LogP contribution in [0, 0.1) is 0 Å². The number of nitrogens with two attached hydrogens (primary N) is 3. The smallest absolute Gasteiger partial charge is 0.312 e. The van der Waals surface area contributed by atoms with Crippen LogP contribution in [-0.4, -0.2) is 54.6 Å². The lowest BCUT2D eigenvalue weighted by atomic mass is 10.0. The Kier molecular flexibility index (Phi) is 13.1. The molecular weight excluding hydrogens is 542 g/mol. The molecule has 0 saturated carbocycles. The Bertz CT molecular complexity index is 1400. The molecule has 0 radical (unpaired) electrons. The number of nitrogens with zero attached hydrogens (tertiary/aromatic N) is 1. The van der Waals surface area contributed by atoms with Crippen molar-refractivity contribution in [2.75, 3.05) is 13.7 Å². The van der Waals surface area contributed by atoms with Gasteiger partial charge in [0.25, 0.3) is 11.9 Å². The van der Waals surface area contributed by atoms with Gasteiger partial charge in [-0.05, 0) is 59.0 Å². The van der Waals surface area contributed by atoms with E-state index >= 15 is 0 Å². The van der Waals surface area contributed by atoms with E-state index < -0.39 is 18.0 Å². The van der Waals surface area contributed by atoms with E-state index in [0.29, 0.717) is 31.5 Å². The molecule has 13 nitrogen and oxygen atoms in total. The lowest BCUT2D eigenvalue weighted by Crippen LogP contribution is -2.46. The zero-order chi connectivity index (χ0) is 31.1. The maximum atomic E-state index is 13.1. The monoisotopic (exact) mass is 579 g/mol. The molecule has 0 bridgehead atoms. The molecule has 3 aromatic carbocycles. The molecular formula is C29H37N7O6. The third kappa shape index (κ3) is 11.8. The summed E-state index contributed by atoms with van der Waals surface area (Å²) < 4.78 is 5.25. The number of nitrogens with one attached hydrogen (secondary N) is 3. The van der Waals surface area contributed by atoms with Crippen molar-refractivity contribution in [3.05, 3.63) is 77.4 Å². The topological polar surface area (TPSA) is 224 Å². The van der Waals surface area contributed by atoms with E-state index in [2.05, 4.69) is 20.9 Å². The number of carboxylic acid groups (broad SMARTS) is 1. The van der Waals surface area contributed by atoms with Crippen LogP contribution in [0.15, 0.2) is 65.7 Å². The molecule has 3 aromatic rings. The molecule has 13 heteroatoms. The van der Waals surface area contributed by atoms with Crippen LogP contribution in [0.1, 0.15) is 41.3 Å². The van der Waals surface area contributed by atoms with Crippen LogP contribution in [0.4, 0.5) is 4.79 Å². The van der Waals surface area contributed by atoms with Crippen LogP contribution in [0.5, 0.6) is 5.75 Å². The van der Waals surface area contributed by atoms with Crippen LogP contribution in [0.2, 0.25) is 0 Å². The molecule has 0 spiro atoms. The number of aliphatic imine (C=N–C) groups is 1. The predicted molar refractivity (Wildman–Crippen MR) is 160 cm³/mol. The summed E-state index contributed by atoms with van der Waals surface area (Å²) in [7, 11) is 1.60. The molecule has 0 aliphatic heterocycles. The highest BCUT2D eigenvalue weighted by molar-refractivity contribution is 6.00. The van der Waals surface area contributed by atoms with Crippen LogP contribution < -0.4 is 37.9 Å². The van der Waals surface area contributed by atoms with E-state index in [1.165, 1.54) is 0 Å². The van der Waals surface area contributed by atoms with E-state index in [-0.39, 0.29) is 24.3 Å². The van der Waals surface area contributed by atoms with Crippen LogP contribution in [0.3, 0.4) is 0 Å². The van der Waals surface area contributed by atoms with Gasteiger partial charge >= 0.3 is 6.03 Å². The molecule has 4 amide bonds. The van der Waals surface area contributed by atoms with Crippen molar-refractivity contribution in [1.82, 2.24) is 16.0 Å². The van der Waals surface area contributed by atoms with Gasteiger partial charge in [-0.2, -0.15) is 0 Å². The molecule has 0 unspecified atom stereocenters. The first kappa shape index (κ1) is 32.9. The largest absolute Gasteiger partial charge is 0.497 e. The lowest BCUT2D eigenvalue weighted by molar-refractivity contribution is -0.134. The van der Waals surface area contributed by atoms with Gasteiger partial charge in [-0.15, -0.1) is 0 Å². The molecule has 3 rings (SSSR count). The van der Waals surface area contributed by atoms with Crippen LogP contribution in [0.25, 0.3) is 10.8 Å². The molecule has 0 fully saturated rings. The van der Waals surface area contributed by atoms with Gasteiger partial charge in [0.2, 0.25) is 5.91 Å². The number of methoxy groups -OCH3 is 1. The van der Waals surface area contributed by atoms with Gasteiger partial charge in [0.05, 0.1) is 7.11 Å². The van der Waals surface area contributed by atoms with E-state index in [0.717, 1.165) is 34.6 Å². The second-order valence-electron chi connectivity index (χ2n) is 9.17. The van der Waals surface area contributed by atoms with Gasteiger partial charge in [0.15, 0.2) is 5.96 Å². The molecule has 0 aliphatic carbocycles. The quantitative estimate of drug-likeness (QED) is 0.0945. The number of rotatable bonds is 12. The van der Waals surface area contributed by atoms with Crippen molar-refractivity contribution in [3.8, 4) is 5.75 Å². The Hall–Kier alpha value is -5.33. The molecule has 224 valence electrons. The Balaban J connectivity index is 0.00000144. The number of urea groups is 1. The fraction of sp³-hybridized carbons (Fsp3) is 0.276. The van der Waals surface area contributed by atoms with E-state index in [1.54, 1.807) is 19.2 Å². The summed E-state index contributed by atoms with van der Waals surface area (Å²) in [5, 5.41) is 17.5. The summed E-state index contributed by atoms with van der Waals surface area (Å²) in [5.41, 5.74) is 18.0. The molecule has 1 atom stereocenters. The van der Waals surface area contributed by atoms with Crippen LogP contribution in [-0.2, 0) is 22.7 Å². The van der Waals surface area contributed by atoms with Crippen molar-refractivity contribution in [2.45, 2.75) is 38.9 Å². The van der Waals surface area contributed by atoms with Crippen LogP contribution >= 0.6 is 0 Å². The van der Waals surface area contributed by atoms with Crippen molar-refractivity contribution >= 4 is 40.5 Å². The zero-order valence-corrected chi connectivity index (χ0v) is 23.6. The van der Waals surface area contributed by atoms with Gasteiger partial charge in [-0.1, -0.05) is 36.4 Å². The summed E-state index contributed by atoms with van der Waals surface area (Å²) in [6.45, 7) is 2.00. The van der Waals surface area contributed by atoms with Gasteiger partial charge in [-0.25, -0.2) is 4.79 Å². The Morgan fingerprint density at radius 2 is 1.45 bits per heavy atom. The maximum absolute atomic E-state index is 13.1. The first-order chi connectivity index (χ1) is 20.0. The highest BCUT2D eigenvalue weighted by Crippen LogP contribution is 2.22. The van der Waals surface area contributed by atoms with Crippen molar-refractivity contribution in [3.63, 3.8) is 0 Å². The fourth-order valence-corrected chi connectivity index (χ4v) is 3.78. The number of benzene rings is 3. The summed E-state index contributed by atoms with van der Waals surface area (Å²) in [6, 6.07) is 16.9. The summed E-state index contributed by atoms with van der Waals surface area (Å²) in [6.07, 6.45) is 0.839. The minimum atomic E-state index is -0.833. The molecule has 0 aliphatic rings. The number of hydrogen-bond acceptors (Lipinski definition) is 6. The van der Waals surface area contributed by atoms with E-state index in [4.69, 9.17) is 31.8 Å². The number of ether oxygens (including phenoxy) is 1. The Morgan fingerprint density at radius 1 is 0.881 bits per heavy atom.